The van der Waals surface area contributed by atoms with Gasteiger partial charge in [0, 0.05) is 12.0 Å². The van der Waals surface area contributed by atoms with E-state index in [1.807, 2.05) is 0 Å². The Kier molecular flexibility index (Phi) is 2.56. The Balaban J connectivity index is 2.30. The fraction of sp³-hybridized carbons (Fsp3) is 0.429. The minimum absolute atomic E-state index is 0.224. The molecule has 1 nitrogen and oxygen atoms in total. The smallest absolute Gasteiger partial charge is 0.129 e. The zero-order valence-electron chi connectivity index (χ0n) is 9.71. The Morgan fingerprint density at radius 2 is 2.07 bits per heavy atom. The van der Waals surface area contributed by atoms with Gasteiger partial charge in [-0.25, -0.2) is 0 Å². The molecular weight excluding hydrogens is 184 g/mol. The highest BCUT2D eigenvalue weighted by Gasteiger charge is 2.14. The van der Waals surface area contributed by atoms with Crippen LogP contribution in [-0.4, -0.2) is 6.61 Å². The van der Waals surface area contributed by atoms with Gasteiger partial charge in [0.1, 0.15) is 5.75 Å². The summed E-state index contributed by atoms with van der Waals surface area (Å²) < 4.78 is 5.64. The molecule has 1 heteroatoms. The van der Waals surface area contributed by atoms with E-state index in [9.17, 15) is 0 Å². The molecule has 0 saturated carbocycles. The summed E-state index contributed by atoms with van der Waals surface area (Å²) in [6.45, 7) is 7.43. The van der Waals surface area contributed by atoms with Gasteiger partial charge in [-0.2, -0.15) is 0 Å². The lowest BCUT2D eigenvalue weighted by atomic mass is 9.95. The highest BCUT2D eigenvalue weighted by Crippen LogP contribution is 2.31. The third kappa shape index (κ3) is 2.41. The van der Waals surface area contributed by atoms with Crippen LogP contribution in [0.4, 0.5) is 0 Å². The maximum absolute atomic E-state index is 5.64. The van der Waals surface area contributed by atoms with E-state index in [0.29, 0.717) is 0 Å². The van der Waals surface area contributed by atoms with Gasteiger partial charge < -0.3 is 4.74 Å². The predicted molar refractivity (Wildman–Crippen MR) is 64.1 cm³/mol. The fourth-order valence-corrected chi connectivity index (χ4v) is 1.71. The van der Waals surface area contributed by atoms with E-state index in [0.717, 1.165) is 18.8 Å². The van der Waals surface area contributed by atoms with E-state index >= 15 is 0 Å². The molecule has 2 rings (SSSR count). The topological polar surface area (TPSA) is 9.23 Å². The summed E-state index contributed by atoms with van der Waals surface area (Å²) in [5, 5.41) is 0. The molecule has 0 bridgehead atoms. The second-order valence-electron chi connectivity index (χ2n) is 5.13. The van der Waals surface area contributed by atoms with E-state index in [2.05, 4.69) is 51.1 Å². The van der Waals surface area contributed by atoms with Gasteiger partial charge in [0.15, 0.2) is 0 Å². The standard InChI is InChI=1S/C14H18O/c1-14(2,3)9-7-11-5-4-6-12-8-10-15-13(11)12/h4-7,9H,8,10H2,1-3H3/b9-7+. The van der Waals surface area contributed by atoms with Crippen molar-refractivity contribution >= 4 is 6.08 Å². The third-order valence-corrected chi connectivity index (χ3v) is 2.51. The minimum atomic E-state index is 0.224. The summed E-state index contributed by atoms with van der Waals surface area (Å²) in [6.07, 6.45) is 5.45. The van der Waals surface area contributed by atoms with Crippen molar-refractivity contribution < 1.29 is 4.74 Å². The molecule has 0 aliphatic carbocycles. The number of rotatable bonds is 1. The molecule has 0 saturated heterocycles. The van der Waals surface area contributed by atoms with Gasteiger partial charge >= 0.3 is 0 Å². The number of hydrogen-bond donors (Lipinski definition) is 0. The van der Waals surface area contributed by atoms with Crippen molar-refractivity contribution in [3.8, 4) is 5.75 Å². The van der Waals surface area contributed by atoms with Gasteiger partial charge in [-0.15, -0.1) is 0 Å². The van der Waals surface area contributed by atoms with E-state index in [1.54, 1.807) is 0 Å². The van der Waals surface area contributed by atoms with Crippen LogP contribution >= 0.6 is 0 Å². The Morgan fingerprint density at radius 3 is 2.80 bits per heavy atom. The average Bonchev–Trinajstić information content (AvgIpc) is 2.61. The van der Waals surface area contributed by atoms with Crippen molar-refractivity contribution in [2.45, 2.75) is 27.2 Å². The molecule has 1 aliphatic heterocycles. The summed E-state index contributed by atoms with van der Waals surface area (Å²) in [7, 11) is 0. The SMILES string of the molecule is CC(C)(C)/C=C/c1cccc2c1OCC2. The van der Waals surface area contributed by atoms with Crippen LogP contribution < -0.4 is 4.74 Å². The molecule has 0 radical (unpaired) electrons. The molecule has 0 spiro atoms. The van der Waals surface area contributed by atoms with Crippen LogP contribution in [0.1, 0.15) is 31.9 Å². The van der Waals surface area contributed by atoms with Crippen molar-refractivity contribution in [3.05, 3.63) is 35.4 Å². The number of fused-ring (bicyclic) bond motifs is 1. The number of ether oxygens (including phenoxy) is 1. The first-order chi connectivity index (χ1) is 7.06. The number of hydrogen-bond acceptors (Lipinski definition) is 1. The van der Waals surface area contributed by atoms with Crippen LogP contribution in [0.5, 0.6) is 5.75 Å². The Hall–Kier alpha value is -1.24. The van der Waals surface area contributed by atoms with E-state index in [4.69, 9.17) is 4.74 Å². The lowest BCUT2D eigenvalue weighted by molar-refractivity contribution is 0.356. The maximum Gasteiger partial charge on any atom is 0.129 e. The lowest BCUT2D eigenvalue weighted by Crippen LogP contribution is -1.98. The minimum Gasteiger partial charge on any atom is -0.492 e. The molecule has 0 unspecified atom stereocenters. The largest absolute Gasteiger partial charge is 0.492 e. The normalized spacial score (nSPS) is 15.4. The van der Waals surface area contributed by atoms with E-state index < -0.39 is 0 Å². The van der Waals surface area contributed by atoms with Gasteiger partial charge in [-0.3, -0.25) is 0 Å². The first-order valence-electron chi connectivity index (χ1n) is 5.50. The van der Waals surface area contributed by atoms with Crippen LogP contribution in [0, 0.1) is 5.41 Å². The second kappa shape index (κ2) is 3.73. The fourth-order valence-electron chi connectivity index (χ4n) is 1.71. The molecule has 1 aromatic rings. The summed E-state index contributed by atoms with van der Waals surface area (Å²) in [4.78, 5) is 0. The summed E-state index contributed by atoms with van der Waals surface area (Å²) in [5.74, 6) is 1.08. The first kappa shape index (κ1) is 10.3. The zero-order chi connectivity index (χ0) is 10.9. The van der Waals surface area contributed by atoms with Crippen LogP contribution in [0.2, 0.25) is 0 Å². The molecule has 0 aromatic heterocycles. The molecule has 1 aliphatic rings. The van der Waals surface area contributed by atoms with E-state index in [1.165, 1.54) is 11.1 Å². The molecule has 0 fully saturated rings. The second-order valence-corrected chi connectivity index (χ2v) is 5.13. The molecule has 0 atom stereocenters. The number of allylic oxidation sites excluding steroid dienone is 1. The number of benzene rings is 1. The van der Waals surface area contributed by atoms with Gasteiger partial charge in [0.25, 0.3) is 0 Å². The van der Waals surface area contributed by atoms with Gasteiger partial charge in [0.2, 0.25) is 0 Å². The maximum atomic E-state index is 5.64. The first-order valence-corrected chi connectivity index (χ1v) is 5.50. The molecule has 80 valence electrons. The van der Waals surface area contributed by atoms with Gasteiger partial charge in [-0.1, -0.05) is 51.1 Å². The van der Waals surface area contributed by atoms with E-state index in [-0.39, 0.29) is 5.41 Å². The number of para-hydroxylation sites is 1. The Morgan fingerprint density at radius 1 is 1.27 bits per heavy atom. The van der Waals surface area contributed by atoms with Crippen LogP contribution in [0.25, 0.3) is 6.08 Å². The van der Waals surface area contributed by atoms with Crippen LogP contribution in [-0.2, 0) is 6.42 Å². The molecule has 1 aromatic carbocycles. The zero-order valence-corrected chi connectivity index (χ0v) is 9.71. The third-order valence-electron chi connectivity index (χ3n) is 2.51. The molecule has 0 amide bonds. The van der Waals surface area contributed by atoms with Crippen molar-refractivity contribution in [1.29, 1.82) is 0 Å². The monoisotopic (exact) mass is 202 g/mol. The van der Waals surface area contributed by atoms with Gasteiger partial charge in [0.05, 0.1) is 6.61 Å². The highest BCUT2D eigenvalue weighted by atomic mass is 16.5. The Labute approximate surface area is 91.8 Å². The van der Waals surface area contributed by atoms with Crippen LogP contribution in [0.3, 0.4) is 0 Å². The predicted octanol–water partition coefficient (Wildman–Crippen LogP) is 3.68. The molecule has 0 N–H and O–H groups in total. The van der Waals surface area contributed by atoms with Crippen molar-refractivity contribution in [3.63, 3.8) is 0 Å². The van der Waals surface area contributed by atoms with Crippen LogP contribution in [0.15, 0.2) is 24.3 Å². The summed E-state index contributed by atoms with van der Waals surface area (Å²) in [5.41, 5.74) is 2.77. The molecule has 1 heterocycles. The van der Waals surface area contributed by atoms with Crippen molar-refractivity contribution in [2.75, 3.05) is 6.61 Å². The highest BCUT2D eigenvalue weighted by molar-refractivity contribution is 5.61. The van der Waals surface area contributed by atoms with Crippen molar-refractivity contribution in [2.24, 2.45) is 5.41 Å². The molecule has 15 heavy (non-hydrogen) atoms. The summed E-state index contributed by atoms with van der Waals surface area (Å²) in [6, 6.07) is 6.37. The van der Waals surface area contributed by atoms with Gasteiger partial charge in [-0.05, 0) is 11.0 Å². The summed E-state index contributed by atoms with van der Waals surface area (Å²) >= 11 is 0. The molecular formula is C14H18O. The van der Waals surface area contributed by atoms with Crippen molar-refractivity contribution in [1.82, 2.24) is 0 Å². The quantitative estimate of drug-likeness (QED) is 0.675. The Bertz CT molecular complexity index is 383. The average molecular weight is 202 g/mol. The lowest BCUT2D eigenvalue weighted by Gasteiger charge is -2.11.